The van der Waals surface area contributed by atoms with Gasteiger partial charge in [-0.05, 0) is 54.9 Å². The highest BCUT2D eigenvalue weighted by Crippen LogP contribution is 2.46. The van der Waals surface area contributed by atoms with Crippen LogP contribution in [-0.2, 0) is 10.1 Å². The van der Waals surface area contributed by atoms with E-state index in [0.29, 0.717) is 9.92 Å². The fourth-order valence-corrected chi connectivity index (χ4v) is 3.25. The largest absolute Gasteiger partial charge is 0.506 e. The summed E-state index contributed by atoms with van der Waals surface area (Å²) in [5.74, 6) is -1.41. The van der Waals surface area contributed by atoms with Crippen LogP contribution in [0.25, 0.3) is 0 Å². The summed E-state index contributed by atoms with van der Waals surface area (Å²) in [6, 6.07) is 8.41. The summed E-state index contributed by atoms with van der Waals surface area (Å²) in [5, 5.41) is 7.08. The first-order valence-electron chi connectivity index (χ1n) is 6.77. The van der Waals surface area contributed by atoms with Crippen molar-refractivity contribution in [2.75, 3.05) is 6.61 Å². The second-order valence-corrected chi connectivity index (χ2v) is 6.61. The van der Waals surface area contributed by atoms with Gasteiger partial charge in [-0.2, -0.15) is 8.78 Å². The molecule has 0 saturated heterocycles. The van der Waals surface area contributed by atoms with Crippen molar-refractivity contribution in [3.63, 3.8) is 0 Å². The number of hydrogen-bond acceptors (Lipinski definition) is 4. The van der Waals surface area contributed by atoms with Gasteiger partial charge in [0.15, 0.2) is 0 Å². The Balaban J connectivity index is 2.53. The Bertz CT molecular complexity index is 746. The Morgan fingerprint density at radius 1 is 1.25 bits per heavy atom. The fourth-order valence-electron chi connectivity index (χ4n) is 1.89. The summed E-state index contributed by atoms with van der Waals surface area (Å²) in [6.45, 7) is 1.69. The molecular formula is C16H12Cl2F2O3S. The molecule has 0 spiro atoms. The van der Waals surface area contributed by atoms with Gasteiger partial charge in [0, 0.05) is 9.92 Å². The molecular weight excluding hydrogens is 381 g/mol. The smallest absolute Gasteiger partial charge is 0.349 e. The maximum atomic E-state index is 13.6. The third-order valence-corrected chi connectivity index (χ3v) is 4.55. The first kappa shape index (κ1) is 18.8. The van der Waals surface area contributed by atoms with Crippen LogP contribution in [0.3, 0.4) is 0 Å². The molecule has 0 bridgehead atoms. The molecule has 8 heteroatoms. The highest BCUT2D eigenvalue weighted by Gasteiger charge is 2.34. The Morgan fingerprint density at radius 2 is 1.88 bits per heavy atom. The molecule has 24 heavy (non-hydrogen) atoms. The first-order valence-corrected chi connectivity index (χ1v) is 8.35. The lowest BCUT2D eigenvalue weighted by Gasteiger charge is -2.17. The number of halogens is 4. The number of benzene rings is 2. The van der Waals surface area contributed by atoms with E-state index < -0.39 is 22.7 Å². The lowest BCUT2D eigenvalue weighted by atomic mass is 10.1. The highest BCUT2D eigenvalue weighted by atomic mass is 35.5. The minimum absolute atomic E-state index is 0.0886. The van der Waals surface area contributed by atoms with E-state index in [1.807, 2.05) is 0 Å². The molecule has 0 unspecified atom stereocenters. The Kier molecular flexibility index (Phi) is 5.96. The molecule has 0 aliphatic heterocycles. The van der Waals surface area contributed by atoms with Gasteiger partial charge in [-0.25, -0.2) is 4.79 Å². The van der Waals surface area contributed by atoms with E-state index in [1.165, 1.54) is 0 Å². The van der Waals surface area contributed by atoms with Crippen LogP contribution in [-0.4, -0.2) is 17.7 Å². The van der Waals surface area contributed by atoms with E-state index in [9.17, 15) is 18.7 Å². The summed E-state index contributed by atoms with van der Waals surface area (Å²) in [7, 11) is 0. The molecule has 0 heterocycles. The molecule has 0 aliphatic carbocycles. The average molecular weight is 393 g/mol. The van der Waals surface area contributed by atoms with Crippen LogP contribution in [0.4, 0.5) is 8.78 Å². The molecule has 0 amide bonds. The highest BCUT2D eigenvalue weighted by molar-refractivity contribution is 7.99. The summed E-state index contributed by atoms with van der Waals surface area (Å²) in [5.41, 5.74) is -0.812. The van der Waals surface area contributed by atoms with Crippen molar-refractivity contribution in [2.24, 2.45) is 0 Å². The van der Waals surface area contributed by atoms with E-state index in [4.69, 9.17) is 27.9 Å². The van der Waals surface area contributed by atoms with Crippen LogP contribution >= 0.6 is 35.0 Å². The number of rotatable bonds is 5. The lowest BCUT2D eigenvalue weighted by Crippen LogP contribution is -2.10. The number of hydrogen-bond donors (Lipinski definition) is 1. The molecule has 0 aliphatic rings. The predicted molar refractivity (Wildman–Crippen MR) is 89.4 cm³/mol. The number of phenolic OH excluding ortho intramolecular Hbond substituents is 1. The fraction of sp³-hybridized carbons (Fsp3) is 0.188. The molecule has 1 N–H and O–H groups in total. The average Bonchev–Trinajstić information content (AvgIpc) is 2.50. The topological polar surface area (TPSA) is 46.5 Å². The molecule has 2 aromatic rings. The van der Waals surface area contributed by atoms with E-state index in [2.05, 4.69) is 0 Å². The van der Waals surface area contributed by atoms with Crippen LogP contribution in [0.1, 0.15) is 22.8 Å². The summed E-state index contributed by atoms with van der Waals surface area (Å²) >= 11 is 11.8. The van der Waals surface area contributed by atoms with Gasteiger partial charge in [-0.3, -0.25) is 0 Å². The number of aromatic hydroxyl groups is 1. The molecule has 0 saturated carbocycles. The molecule has 0 fully saturated rings. The standard InChI is InChI=1S/C16H12Cl2F2O3S/c1-2-23-15(22)11-7-8-12(16(18,19)20)14(13(11)21)24-10-5-3-9(17)4-6-10/h3-8,21H,2H2,1H3. The molecule has 0 radical (unpaired) electrons. The monoisotopic (exact) mass is 392 g/mol. The molecule has 0 aromatic heterocycles. The first-order chi connectivity index (χ1) is 11.2. The lowest BCUT2D eigenvalue weighted by molar-refractivity contribution is 0.0520. The minimum atomic E-state index is -3.71. The van der Waals surface area contributed by atoms with Crippen molar-refractivity contribution >= 4 is 40.9 Å². The normalized spacial score (nSPS) is 11.4. The third kappa shape index (κ3) is 4.32. The van der Waals surface area contributed by atoms with Crippen molar-refractivity contribution in [3.8, 4) is 5.75 Å². The molecule has 2 rings (SSSR count). The minimum Gasteiger partial charge on any atom is -0.506 e. The third-order valence-electron chi connectivity index (χ3n) is 2.97. The Hall–Kier alpha value is -1.50. The summed E-state index contributed by atoms with van der Waals surface area (Å²) < 4.78 is 32.1. The van der Waals surface area contributed by atoms with Gasteiger partial charge >= 0.3 is 11.4 Å². The van der Waals surface area contributed by atoms with Gasteiger partial charge in [0.05, 0.1) is 17.1 Å². The quantitative estimate of drug-likeness (QED) is 0.526. The van der Waals surface area contributed by atoms with Gasteiger partial charge in [0.1, 0.15) is 11.3 Å². The van der Waals surface area contributed by atoms with Gasteiger partial charge in [-0.15, -0.1) is 0 Å². The summed E-state index contributed by atoms with van der Waals surface area (Å²) in [6.07, 6.45) is 0. The number of phenols is 1. The van der Waals surface area contributed by atoms with Crippen molar-refractivity contribution < 1.29 is 23.4 Å². The van der Waals surface area contributed by atoms with Crippen molar-refractivity contribution in [1.82, 2.24) is 0 Å². The molecule has 0 atom stereocenters. The molecule has 2 aromatic carbocycles. The second-order valence-electron chi connectivity index (χ2n) is 4.61. The summed E-state index contributed by atoms with van der Waals surface area (Å²) in [4.78, 5) is 12.2. The molecule has 128 valence electrons. The maximum Gasteiger partial charge on any atom is 0.349 e. The number of carbonyl (C=O) groups is 1. The van der Waals surface area contributed by atoms with Gasteiger partial charge in [0.25, 0.3) is 0 Å². The zero-order valence-corrected chi connectivity index (χ0v) is 14.7. The number of ether oxygens (including phenoxy) is 1. The van der Waals surface area contributed by atoms with E-state index in [-0.39, 0.29) is 17.1 Å². The zero-order valence-electron chi connectivity index (χ0n) is 12.4. The molecule has 3 nitrogen and oxygen atoms in total. The van der Waals surface area contributed by atoms with Gasteiger partial charge in [-0.1, -0.05) is 23.4 Å². The maximum absolute atomic E-state index is 13.6. The van der Waals surface area contributed by atoms with Crippen molar-refractivity contribution in [1.29, 1.82) is 0 Å². The number of carbonyl (C=O) groups excluding carboxylic acids is 1. The van der Waals surface area contributed by atoms with E-state index in [0.717, 1.165) is 23.9 Å². The van der Waals surface area contributed by atoms with E-state index >= 15 is 0 Å². The van der Waals surface area contributed by atoms with Crippen LogP contribution in [0.15, 0.2) is 46.2 Å². The number of esters is 1. The Morgan fingerprint density at radius 3 is 2.42 bits per heavy atom. The van der Waals surface area contributed by atoms with Crippen molar-refractivity contribution in [3.05, 3.63) is 52.5 Å². The van der Waals surface area contributed by atoms with Crippen LogP contribution in [0.2, 0.25) is 5.02 Å². The van der Waals surface area contributed by atoms with Crippen LogP contribution in [0, 0.1) is 0 Å². The zero-order chi connectivity index (χ0) is 17.9. The SMILES string of the molecule is CCOC(=O)c1ccc(C(F)(F)Cl)c(Sc2ccc(Cl)cc2)c1O. The van der Waals surface area contributed by atoms with Crippen molar-refractivity contribution in [2.45, 2.75) is 22.1 Å². The van der Waals surface area contributed by atoms with Crippen LogP contribution in [0.5, 0.6) is 5.75 Å². The van der Waals surface area contributed by atoms with Gasteiger partial charge < -0.3 is 9.84 Å². The Labute approximate surface area is 151 Å². The van der Waals surface area contributed by atoms with Gasteiger partial charge in [0.2, 0.25) is 0 Å². The predicted octanol–water partition coefficient (Wildman–Crippen LogP) is 5.66. The second kappa shape index (κ2) is 7.59. The van der Waals surface area contributed by atoms with Crippen LogP contribution < -0.4 is 0 Å². The van der Waals surface area contributed by atoms with E-state index in [1.54, 1.807) is 31.2 Å². The number of alkyl halides is 3.